The van der Waals surface area contributed by atoms with Crippen molar-refractivity contribution in [1.29, 1.82) is 0 Å². The van der Waals surface area contributed by atoms with Gasteiger partial charge in [0.25, 0.3) is 5.91 Å². The van der Waals surface area contributed by atoms with Crippen LogP contribution in [0.1, 0.15) is 62.7 Å². The Morgan fingerprint density at radius 3 is 2.59 bits per heavy atom. The minimum atomic E-state index is -0.951. The molecule has 0 spiro atoms. The molecule has 1 aromatic heterocycles. The summed E-state index contributed by atoms with van der Waals surface area (Å²) >= 11 is 3.41. The summed E-state index contributed by atoms with van der Waals surface area (Å²) in [7, 11) is -0.951. The summed E-state index contributed by atoms with van der Waals surface area (Å²) in [6.07, 6.45) is 7.31. The van der Waals surface area contributed by atoms with Crippen molar-refractivity contribution in [2.24, 2.45) is 5.73 Å². The number of aromatic nitrogens is 2. The zero-order valence-corrected chi connectivity index (χ0v) is 21.7. The highest BCUT2D eigenvalue weighted by Crippen LogP contribution is 2.39. The quantitative estimate of drug-likeness (QED) is 0.422. The third-order valence-corrected chi connectivity index (χ3v) is 9.49. The van der Waals surface area contributed by atoms with E-state index in [1.54, 1.807) is 12.3 Å². The van der Waals surface area contributed by atoms with Gasteiger partial charge >= 0.3 is 0 Å². The first kappa shape index (κ1) is 25.0. The van der Waals surface area contributed by atoms with Crippen molar-refractivity contribution in [3.05, 3.63) is 40.2 Å². The number of anilines is 3. The third kappa shape index (κ3) is 5.11. The Kier molecular flexibility index (Phi) is 7.83. The molecule has 2 aromatic rings. The predicted molar refractivity (Wildman–Crippen MR) is 136 cm³/mol. The van der Waals surface area contributed by atoms with E-state index in [-0.39, 0.29) is 34.6 Å². The van der Waals surface area contributed by atoms with Crippen molar-refractivity contribution in [2.75, 3.05) is 10.6 Å². The normalized spacial score (nSPS) is 23.1. The molecule has 4 N–H and O–H groups in total. The topological polar surface area (TPSA) is 113 Å². The number of carbonyl (C=O) groups is 1. The van der Waals surface area contributed by atoms with Crippen LogP contribution in [0.2, 0.25) is 0 Å². The molecule has 2 saturated heterocycles. The minimum absolute atomic E-state index is 0.164. The van der Waals surface area contributed by atoms with Gasteiger partial charge in [0.05, 0.1) is 26.7 Å². The first-order valence-corrected chi connectivity index (χ1v) is 13.6. The monoisotopic (exact) mass is 552 g/mol. The van der Waals surface area contributed by atoms with E-state index < -0.39 is 22.7 Å². The summed E-state index contributed by atoms with van der Waals surface area (Å²) in [5, 5.41) is 6.63. The van der Waals surface area contributed by atoms with E-state index in [4.69, 9.17) is 5.73 Å². The van der Waals surface area contributed by atoms with Gasteiger partial charge in [0.2, 0.25) is 5.95 Å². The van der Waals surface area contributed by atoms with Crippen LogP contribution in [-0.2, 0) is 11.0 Å². The zero-order valence-electron chi connectivity index (χ0n) is 19.3. The Morgan fingerprint density at radius 1 is 1.29 bits per heavy atom. The second-order valence-corrected chi connectivity index (χ2v) is 11.3. The number of piperidine rings is 1. The molecule has 2 aliphatic rings. The van der Waals surface area contributed by atoms with Crippen molar-refractivity contribution in [1.82, 2.24) is 14.3 Å². The molecule has 3 unspecified atom stereocenters. The Morgan fingerprint density at radius 2 is 1.97 bits per heavy atom. The van der Waals surface area contributed by atoms with Crippen molar-refractivity contribution in [3.8, 4) is 0 Å². The molecule has 2 fully saturated rings. The maximum atomic E-state index is 14.1. The van der Waals surface area contributed by atoms with Gasteiger partial charge < -0.3 is 16.4 Å². The first-order chi connectivity index (χ1) is 16.3. The maximum Gasteiger partial charge on any atom is 0.253 e. The fourth-order valence-corrected chi connectivity index (χ4v) is 7.18. The minimum Gasteiger partial charge on any atom is -0.365 e. The lowest BCUT2D eigenvalue weighted by Crippen LogP contribution is -2.49. The predicted octanol–water partition coefficient (Wildman–Crippen LogP) is 4.48. The Balaban J connectivity index is 1.48. The molecule has 3 heterocycles. The number of halogens is 2. The van der Waals surface area contributed by atoms with Crippen molar-refractivity contribution in [2.45, 2.75) is 75.7 Å². The summed E-state index contributed by atoms with van der Waals surface area (Å²) < 4.78 is 30.1. The molecule has 2 aliphatic heterocycles. The largest absolute Gasteiger partial charge is 0.365 e. The van der Waals surface area contributed by atoms with E-state index in [1.807, 2.05) is 0 Å². The SMILES string of the molecule is CCC(CC)S(=O)N1C2CCC1CC(Nc1ncc(Br)c(Nc3cccc(F)c3C(N)=O)n1)C2. The van der Waals surface area contributed by atoms with E-state index in [0.717, 1.165) is 38.5 Å². The number of primary amides is 1. The van der Waals surface area contributed by atoms with E-state index in [1.165, 1.54) is 12.1 Å². The smallest absolute Gasteiger partial charge is 0.253 e. The van der Waals surface area contributed by atoms with Gasteiger partial charge in [0, 0.05) is 29.6 Å². The highest BCUT2D eigenvalue weighted by molar-refractivity contribution is 9.10. The number of nitrogens with zero attached hydrogens (tertiary/aromatic N) is 3. The molecular weight excluding hydrogens is 523 g/mol. The van der Waals surface area contributed by atoms with Crippen LogP contribution in [0, 0.1) is 5.82 Å². The summed E-state index contributed by atoms with van der Waals surface area (Å²) in [6, 6.07) is 4.99. The highest BCUT2D eigenvalue weighted by Gasteiger charge is 2.44. The number of hydrogen-bond acceptors (Lipinski definition) is 6. The van der Waals surface area contributed by atoms with Gasteiger partial charge in [-0.1, -0.05) is 19.9 Å². The second-order valence-electron chi connectivity index (χ2n) is 8.81. The lowest BCUT2D eigenvalue weighted by molar-refractivity contribution is 0.0997. The van der Waals surface area contributed by atoms with Gasteiger partial charge in [-0.2, -0.15) is 4.98 Å². The summed E-state index contributed by atoms with van der Waals surface area (Å²) in [4.78, 5) is 20.7. The summed E-state index contributed by atoms with van der Waals surface area (Å²) in [5.41, 5.74) is 5.36. The van der Waals surface area contributed by atoms with Crippen molar-refractivity contribution in [3.63, 3.8) is 0 Å². The molecule has 2 bridgehead atoms. The van der Waals surface area contributed by atoms with Crippen LogP contribution in [-0.4, -0.2) is 47.8 Å². The van der Waals surface area contributed by atoms with Crippen LogP contribution in [0.3, 0.4) is 0 Å². The first-order valence-electron chi connectivity index (χ1n) is 11.7. The molecule has 184 valence electrons. The van der Waals surface area contributed by atoms with Gasteiger partial charge in [-0.25, -0.2) is 17.9 Å². The number of rotatable bonds is 9. The standard InChI is InChI=1S/C23H30BrFN6O2S/c1-3-16(4-2)34(33)31-14-8-9-15(31)11-13(10-14)28-23-27-12-17(24)22(30-23)29-19-7-5-6-18(25)20(19)21(26)32/h5-7,12-16H,3-4,8-11H2,1-2H3,(H2,26,32)(H2,27,28,29,30). The number of nitrogens with two attached hydrogens (primary N) is 1. The fraction of sp³-hybridized carbons (Fsp3) is 0.522. The molecule has 34 heavy (non-hydrogen) atoms. The van der Waals surface area contributed by atoms with Gasteiger partial charge in [-0.15, -0.1) is 0 Å². The lowest BCUT2D eigenvalue weighted by atomic mass is 10.00. The fourth-order valence-electron chi connectivity index (χ4n) is 5.00. The number of benzene rings is 1. The molecule has 1 amide bonds. The number of hydrogen-bond donors (Lipinski definition) is 3. The number of fused-ring (bicyclic) bond motifs is 2. The molecule has 3 atom stereocenters. The lowest BCUT2D eigenvalue weighted by Gasteiger charge is -2.39. The molecule has 1 aromatic carbocycles. The van der Waals surface area contributed by atoms with E-state index in [0.29, 0.717) is 16.2 Å². The number of nitrogens with one attached hydrogen (secondary N) is 2. The van der Waals surface area contributed by atoms with E-state index in [2.05, 4.69) is 54.7 Å². The molecule has 8 nitrogen and oxygen atoms in total. The van der Waals surface area contributed by atoms with Crippen LogP contribution in [0.4, 0.5) is 21.8 Å². The van der Waals surface area contributed by atoms with Crippen LogP contribution in [0.25, 0.3) is 0 Å². The van der Waals surface area contributed by atoms with Crippen LogP contribution in [0.15, 0.2) is 28.9 Å². The molecule has 0 radical (unpaired) electrons. The van der Waals surface area contributed by atoms with Crippen LogP contribution >= 0.6 is 15.9 Å². The summed E-state index contributed by atoms with van der Waals surface area (Å²) in [5.74, 6) is -0.742. The molecule has 0 saturated carbocycles. The highest BCUT2D eigenvalue weighted by atomic mass is 79.9. The Bertz CT molecular complexity index is 1070. The number of amides is 1. The van der Waals surface area contributed by atoms with Gasteiger partial charge in [-0.3, -0.25) is 4.79 Å². The van der Waals surface area contributed by atoms with Crippen LogP contribution in [0.5, 0.6) is 0 Å². The van der Waals surface area contributed by atoms with E-state index in [9.17, 15) is 13.4 Å². The average Bonchev–Trinajstić information content (AvgIpc) is 3.07. The van der Waals surface area contributed by atoms with Gasteiger partial charge in [0.15, 0.2) is 0 Å². The zero-order chi connectivity index (χ0) is 24.4. The number of carbonyl (C=O) groups excluding carboxylic acids is 1. The van der Waals surface area contributed by atoms with Gasteiger partial charge in [0.1, 0.15) is 11.6 Å². The van der Waals surface area contributed by atoms with E-state index >= 15 is 0 Å². The Hall–Kier alpha value is -2.11. The van der Waals surface area contributed by atoms with Crippen molar-refractivity contribution >= 4 is 50.3 Å². The second kappa shape index (κ2) is 10.7. The molecular formula is C23H30BrFN6O2S. The molecule has 11 heteroatoms. The van der Waals surface area contributed by atoms with Crippen molar-refractivity contribution < 1.29 is 13.4 Å². The average molecular weight is 554 g/mol. The summed E-state index contributed by atoms with van der Waals surface area (Å²) in [6.45, 7) is 4.21. The molecule has 0 aliphatic carbocycles. The van der Waals surface area contributed by atoms with Gasteiger partial charge in [-0.05, 0) is 66.6 Å². The maximum absolute atomic E-state index is 14.1. The molecule has 4 rings (SSSR count). The Labute approximate surface area is 210 Å². The van der Waals surface area contributed by atoms with Crippen LogP contribution < -0.4 is 16.4 Å². The third-order valence-electron chi connectivity index (χ3n) is 6.66.